The van der Waals surface area contributed by atoms with E-state index in [0.29, 0.717) is 17.0 Å². The number of aromatic nitrogens is 4. The highest BCUT2D eigenvalue weighted by Gasteiger charge is 2.17. The summed E-state index contributed by atoms with van der Waals surface area (Å²) in [5.74, 6) is 1.12. The summed E-state index contributed by atoms with van der Waals surface area (Å²) >= 11 is 1.32. The van der Waals surface area contributed by atoms with Gasteiger partial charge in [-0.2, -0.15) is 0 Å². The summed E-state index contributed by atoms with van der Waals surface area (Å²) in [6.07, 6.45) is 5.85. The zero-order valence-electron chi connectivity index (χ0n) is 15.6. The maximum Gasteiger partial charge on any atom is 0.230 e. The molecule has 0 unspecified atom stereocenters. The molecule has 1 aliphatic rings. The van der Waals surface area contributed by atoms with Gasteiger partial charge in [0.25, 0.3) is 0 Å². The summed E-state index contributed by atoms with van der Waals surface area (Å²) in [5, 5.41) is 13.2. The van der Waals surface area contributed by atoms with E-state index in [2.05, 4.69) is 20.5 Å². The van der Waals surface area contributed by atoms with E-state index in [9.17, 15) is 4.79 Å². The van der Waals surface area contributed by atoms with Crippen molar-refractivity contribution in [3.05, 3.63) is 18.2 Å². The van der Waals surface area contributed by atoms with E-state index in [-0.39, 0.29) is 5.91 Å². The predicted molar refractivity (Wildman–Crippen MR) is 106 cm³/mol. The molecule has 1 aliphatic carbocycles. The van der Waals surface area contributed by atoms with Crippen molar-refractivity contribution in [3.63, 3.8) is 0 Å². The van der Waals surface area contributed by atoms with Crippen LogP contribution in [0.25, 0.3) is 22.1 Å². The number of nitrogens with one attached hydrogen (secondary N) is 1. The maximum atomic E-state index is 12.2. The largest absolute Gasteiger partial charge is 0.497 e. The summed E-state index contributed by atoms with van der Waals surface area (Å²) in [6, 6.07) is 6.17. The van der Waals surface area contributed by atoms with Crippen LogP contribution in [0, 0.1) is 0 Å². The Morgan fingerprint density at radius 1 is 1.30 bits per heavy atom. The van der Waals surface area contributed by atoms with Crippen LogP contribution < -0.4 is 10.1 Å². The fourth-order valence-electron chi connectivity index (χ4n) is 3.66. The normalized spacial score (nSPS) is 15.3. The third-order valence-corrected chi connectivity index (χ3v) is 5.93. The van der Waals surface area contributed by atoms with Crippen LogP contribution in [0.2, 0.25) is 0 Å². The molecule has 0 atom stereocenters. The maximum absolute atomic E-state index is 12.2. The molecule has 1 saturated carbocycles. The van der Waals surface area contributed by atoms with Crippen molar-refractivity contribution in [2.75, 3.05) is 12.9 Å². The van der Waals surface area contributed by atoms with Crippen LogP contribution in [0.3, 0.4) is 0 Å². The monoisotopic (exact) mass is 385 g/mol. The molecule has 0 bridgehead atoms. The number of aryl methyl sites for hydroxylation is 1. The Bertz CT molecular complexity index is 981. The van der Waals surface area contributed by atoms with Crippen molar-refractivity contribution in [2.45, 2.75) is 43.3 Å². The topological polar surface area (TPSA) is 81.9 Å². The van der Waals surface area contributed by atoms with Crippen molar-refractivity contribution in [1.82, 2.24) is 25.1 Å². The van der Waals surface area contributed by atoms with Crippen molar-refractivity contribution in [1.29, 1.82) is 0 Å². The van der Waals surface area contributed by atoms with Gasteiger partial charge in [0.2, 0.25) is 11.1 Å². The number of carbonyl (C=O) groups is 1. The number of amides is 1. The first-order valence-corrected chi connectivity index (χ1v) is 10.2. The molecule has 4 rings (SSSR count). The summed E-state index contributed by atoms with van der Waals surface area (Å²) < 4.78 is 7.30. The summed E-state index contributed by atoms with van der Waals surface area (Å²) in [4.78, 5) is 16.8. The number of carbonyl (C=O) groups excluding carboxylic acids is 1. The highest BCUT2D eigenvalue weighted by atomic mass is 32.2. The van der Waals surface area contributed by atoms with Crippen molar-refractivity contribution in [3.8, 4) is 5.75 Å². The van der Waals surface area contributed by atoms with Gasteiger partial charge in [0, 0.05) is 18.5 Å². The quantitative estimate of drug-likeness (QED) is 0.680. The third kappa shape index (κ3) is 3.71. The second kappa shape index (κ2) is 7.72. The molecular formula is C19H23N5O2S. The molecule has 2 aromatic heterocycles. The van der Waals surface area contributed by atoms with Gasteiger partial charge in [-0.3, -0.25) is 4.79 Å². The number of hydrogen-bond donors (Lipinski definition) is 1. The number of fused-ring (bicyclic) bond motifs is 3. The van der Waals surface area contributed by atoms with Gasteiger partial charge in [-0.05, 0) is 31.0 Å². The minimum atomic E-state index is 0.0392. The molecule has 0 spiro atoms. The average molecular weight is 385 g/mol. The van der Waals surface area contributed by atoms with E-state index in [1.165, 1.54) is 31.0 Å². The first-order chi connectivity index (χ1) is 13.2. The highest BCUT2D eigenvalue weighted by Crippen LogP contribution is 2.29. The van der Waals surface area contributed by atoms with Gasteiger partial charge in [-0.15, -0.1) is 10.2 Å². The summed E-state index contributed by atoms with van der Waals surface area (Å²) in [5.41, 5.74) is 2.51. The molecule has 1 N–H and O–H groups in total. The SMILES string of the molecule is COc1ccc2c(c1)c1nnc(SCC(=O)NC3CCCCC3)nc1n2C. The molecule has 27 heavy (non-hydrogen) atoms. The predicted octanol–water partition coefficient (Wildman–Crippen LogP) is 3.07. The second-order valence-corrected chi connectivity index (χ2v) is 7.84. The Morgan fingerprint density at radius 3 is 2.89 bits per heavy atom. The average Bonchev–Trinajstić information content (AvgIpc) is 2.98. The lowest BCUT2D eigenvalue weighted by atomic mass is 9.95. The summed E-state index contributed by atoms with van der Waals surface area (Å²) in [7, 11) is 3.60. The highest BCUT2D eigenvalue weighted by molar-refractivity contribution is 7.99. The van der Waals surface area contributed by atoms with Crippen LogP contribution in [-0.4, -0.2) is 44.6 Å². The number of nitrogens with zero attached hydrogens (tertiary/aromatic N) is 4. The Hall–Kier alpha value is -2.35. The van der Waals surface area contributed by atoms with E-state index in [0.717, 1.165) is 40.7 Å². The Balaban J connectivity index is 1.50. The van der Waals surface area contributed by atoms with Crippen LogP contribution in [0.5, 0.6) is 5.75 Å². The fourth-order valence-corrected chi connectivity index (χ4v) is 4.25. The molecule has 1 aromatic carbocycles. The van der Waals surface area contributed by atoms with E-state index < -0.39 is 0 Å². The van der Waals surface area contributed by atoms with Gasteiger partial charge in [0.05, 0.1) is 18.4 Å². The molecule has 1 fully saturated rings. The van der Waals surface area contributed by atoms with E-state index in [1.807, 2.05) is 29.8 Å². The molecular weight excluding hydrogens is 362 g/mol. The van der Waals surface area contributed by atoms with Crippen molar-refractivity contribution in [2.24, 2.45) is 7.05 Å². The molecule has 0 aliphatic heterocycles. The Morgan fingerprint density at radius 2 is 2.11 bits per heavy atom. The van der Waals surface area contributed by atoms with Gasteiger partial charge in [0.15, 0.2) is 5.65 Å². The molecule has 142 valence electrons. The van der Waals surface area contributed by atoms with E-state index in [4.69, 9.17) is 4.74 Å². The van der Waals surface area contributed by atoms with Crippen LogP contribution >= 0.6 is 11.8 Å². The van der Waals surface area contributed by atoms with Gasteiger partial charge in [0.1, 0.15) is 11.3 Å². The Labute approximate surface area is 161 Å². The fraction of sp³-hybridized carbons (Fsp3) is 0.474. The van der Waals surface area contributed by atoms with Crippen LogP contribution in [0.4, 0.5) is 0 Å². The Kier molecular flexibility index (Phi) is 5.15. The lowest BCUT2D eigenvalue weighted by Gasteiger charge is -2.22. The zero-order chi connectivity index (χ0) is 18.8. The first-order valence-electron chi connectivity index (χ1n) is 9.24. The summed E-state index contributed by atoms with van der Waals surface area (Å²) in [6.45, 7) is 0. The van der Waals surface area contributed by atoms with Crippen LogP contribution in [-0.2, 0) is 11.8 Å². The van der Waals surface area contributed by atoms with Gasteiger partial charge in [-0.25, -0.2) is 4.98 Å². The van der Waals surface area contributed by atoms with Gasteiger partial charge < -0.3 is 14.6 Å². The number of ether oxygens (including phenoxy) is 1. The molecule has 7 nitrogen and oxygen atoms in total. The van der Waals surface area contributed by atoms with Crippen LogP contribution in [0.15, 0.2) is 23.4 Å². The third-order valence-electron chi connectivity index (χ3n) is 5.09. The first kappa shape index (κ1) is 18.0. The van der Waals surface area contributed by atoms with Crippen molar-refractivity contribution >= 4 is 39.7 Å². The minimum Gasteiger partial charge on any atom is -0.497 e. The van der Waals surface area contributed by atoms with E-state index >= 15 is 0 Å². The second-order valence-electron chi connectivity index (χ2n) is 6.90. The molecule has 8 heteroatoms. The number of hydrogen-bond acceptors (Lipinski definition) is 6. The minimum absolute atomic E-state index is 0.0392. The molecule has 3 aromatic rings. The van der Waals surface area contributed by atoms with Crippen molar-refractivity contribution < 1.29 is 9.53 Å². The van der Waals surface area contributed by atoms with E-state index in [1.54, 1.807) is 7.11 Å². The molecule has 1 amide bonds. The number of thioether (sulfide) groups is 1. The number of benzene rings is 1. The smallest absolute Gasteiger partial charge is 0.230 e. The van der Waals surface area contributed by atoms with Gasteiger partial charge >= 0.3 is 0 Å². The zero-order valence-corrected chi connectivity index (χ0v) is 16.4. The standard InChI is InChI=1S/C19H23N5O2S/c1-24-15-9-8-13(26-2)10-14(15)17-18(24)21-19(23-22-17)27-11-16(25)20-12-6-4-3-5-7-12/h8-10,12H,3-7,11H2,1-2H3,(H,20,25). The molecule has 2 heterocycles. The lowest BCUT2D eigenvalue weighted by Crippen LogP contribution is -2.37. The molecule has 0 saturated heterocycles. The van der Waals surface area contributed by atoms with Crippen LogP contribution in [0.1, 0.15) is 32.1 Å². The van der Waals surface area contributed by atoms with Gasteiger partial charge in [-0.1, -0.05) is 31.0 Å². The molecule has 0 radical (unpaired) electrons. The number of rotatable bonds is 5. The lowest BCUT2D eigenvalue weighted by molar-refractivity contribution is -0.119. The number of methoxy groups -OCH3 is 1.